The number of amides is 2. The van der Waals surface area contributed by atoms with E-state index in [1.807, 2.05) is 0 Å². The van der Waals surface area contributed by atoms with E-state index in [0.29, 0.717) is 16.7 Å². The highest BCUT2D eigenvalue weighted by atomic mass is 16.1. The third-order valence-electron chi connectivity index (χ3n) is 1.99. The quantitative estimate of drug-likeness (QED) is 0.685. The molecule has 5 heteroatoms. The summed E-state index contributed by atoms with van der Waals surface area (Å²) < 4.78 is 0. The number of primary amides is 2. The van der Waals surface area contributed by atoms with Gasteiger partial charge in [-0.15, -0.1) is 0 Å². The molecule has 14 heavy (non-hydrogen) atoms. The zero-order chi connectivity index (χ0) is 10.9. The molecule has 2 amide bonds. The molecule has 1 aromatic heterocycles. The van der Waals surface area contributed by atoms with Crippen LogP contribution in [0, 0.1) is 13.8 Å². The Morgan fingerprint density at radius 3 is 2.21 bits per heavy atom. The predicted molar refractivity (Wildman–Crippen MR) is 50.7 cm³/mol. The minimum atomic E-state index is -0.662. The van der Waals surface area contributed by atoms with E-state index in [1.165, 1.54) is 6.20 Å². The Balaban J connectivity index is 3.49. The molecule has 1 heterocycles. The van der Waals surface area contributed by atoms with Gasteiger partial charge in [0, 0.05) is 11.8 Å². The van der Waals surface area contributed by atoms with Crippen molar-refractivity contribution >= 4 is 11.8 Å². The average Bonchev–Trinajstić information content (AvgIpc) is 2.02. The molecule has 0 aromatic carbocycles. The summed E-state index contributed by atoms with van der Waals surface area (Å²) in [5.41, 5.74) is 11.7. The van der Waals surface area contributed by atoms with E-state index in [1.54, 1.807) is 13.8 Å². The first-order valence-corrected chi connectivity index (χ1v) is 4.01. The second-order valence-corrected chi connectivity index (χ2v) is 3.02. The molecule has 0 fully saturated rings. The topological polar surface area (TPSA) is 99.1 Å². The van der Waals surface area contributed by atoms with E-state index < -0.39 is 11.8 Å². The molecule has 0 aliphatic heterocycles. The molecule has 1 rings (SSSR count). The molecule has 0 radical (unpaired) electrons. The molecule has 0 spiro atoms. The lowest BCUT2D eigenvalue weighted by molar-refractivity contribution is 0.0995. The number of hydrogen-bond donors (Lipinski definition) is 2. The smallest absolute Gasteiger partial charge is 0.267 e. The van der Waals surface area contributed by atoms with Gasteiger partial charge >= 0.3 is 0 Å². The third kappa shape index (κ3) is 1.56. The van der Waals surface area contributed by atoms with Gasteiger partial charge in [0.15, 0.2) is 0 Å². The molecule has 0 aliphatic carbocycles. The zero-order valence-corrected chi connectivity index (χ0v) is 8.00. The molecule has 1 aromatic rings. The Kier molecular flexibility index (Phi) is 2.51. The van der Waals surface area contributed by atoms with Crippen LogP contribution in [-0.4, -0.2) is 16.8 Å². The highest BCUT2D eigenvalue weighted by Gasteiger charge is 2.15. The number of rotatable bonds is 2. The standard InChI is InChI=1S/C9H11N3O2/c1-4-3-12-7(9(11)14)5(2)6(4)8(10)13/h3H,1-2H3,(H2,10,13)(H2,11,14). The third-order valence-corrected chi connectivity index (χ3v) is 1.99. The average molecular weight is 193 g/mol. The first kappa shape index (κ1) is 10.2. The number of aryl methyl sites for hydroxylation is 1. The van der Waals surface area contributed by atoms with Gasteiger partial charge in [-0.3, -0.25) is 14.6 Å². The van der Waals surface area contributed by atoms with E-state index in [4.69, 9.17) is 11.5 Å². The summed E-state index contributed by atoms with van der Waals surface area (Å²) in [7, 11) is 0. The van der Waals surface area contributed by atoms with Crippen LogP contribution in [-0.2, 0) is 0 Å². The summed E-state index contributed by atoms with van der Waals surface area (Å²) in [5, 5.41) is 0. The first-order chi connectivity index (χ1) is 6.45. The van der Waals surface area contributed by atoms with Crippen LogP contribution < -0.4 is 11.5 Å². The van der Waals surface area contributed by atoms with Gasteiger partial charge < -0.3 is 11.5 Å². The maximum Gasteiger partial charge on any atom is 0.267 e. The molecule has 0 saturated carbocycles. The molecule has 0 aliphatic rings. The van der Waals surface area contributed by atoms with Gasteiger partial charge in [0.2, 0.25) is 5.91 Å². The van der Waals surface area contributed by atoms with Crippen molar-refractivity contribution in [2.24, 2.45) is 11.5 Å². The SMILES string of the molecule is Cc1cnc(C(N)=O)c(C)c1C(N)=O. The Hall–Kier alpha value is -1.91. The molecule has 74 valence electrons. The minimum Gasteiger partial charge on any atom is -0.366 e. The minimum absolute atomic E-state index is 0.0874. The monoisotopic (exact) mass is 193 g/mol. The normalized spacial score (nSPS) is 9.86. The van der Waals surface area contributed by atoms with Gasteiger partial charge in [0.1, 0.15) is 5.69 Å². The number of hydrogen-bond acceptors (Lipinski definition) is 3. The van der Waals surface area contributed by atoms with Crippen LogP contribution in [0.3, 0.4) is 0 Å². The molecule has 0 bridgehead atoms. The highest BCUT2D eigenvalue weighted by molar-refractivity contribution is 6.00. The Labute approximate surface area is 81.1 Å². The molecular formula is C9H11N3O2. The fraction of sp³-hybridized carbons (Fsp3) is 0.222. The Bertz CT molecular complexity index is 413. The van der Waals surface area contributed by atoms with Crippen molar-refractivity contribution < 1.29 is 9.59 Å². The number of nitrogens with two attached hydrogens (primary N) is 2. The second-order valence-electron chi connectivity index (χ2n) is 3.02. The summed E-state index contributed by atoms with van der Waals surface area (Å²) in [5.74, 6) is -1.24. The van der Waals surface area contributed by atoms with Gasteiger partial charge in [0.05, 0.1) is 0 Å². The van der Waals surface area contributed by atoms with Crippen LogP contribution in [0.4, 0.5) is 0 Å². The predicted octanol–water partition coefficient (Wildman–Crippen LogP) is -0.104. The van der Waals surface area contributed by atoms with Gasteiger partial charge in [-0.2, -0.15) is 0 Å². The van der Waals surface area contributed by atoms with E-state index in [9.17, 15) is 9.59 Å². The number of pyridine rings is 1. The van der Waals surface area contributed by atoms with Crippen LogP contribution in [0.2, 0.25) is 0 Å². The van der Waals surface area contributed by atoms with Crippen molar-refractivity contribution in [3.05, 3.63) is 28.6 Å². The van der Waals surface area contributed by atoms with Crippen LogP contribution in [0.15, 0.2) is 6.20 Å². The maximum atomic E-state index is 11.1. The summed E-state index contributed by atoms with van der Waals surface area (Å²) in [6.45, 7) is 3.30. The van der Waals surface area contributed by atoms with Crippen molar-refractivity contribution in [1.82, 2.24) is 4.98 Å². The van der Waals surface area contributed by atoms with Gasteiger partial charge in [-0.05, 0) is 25.0 Å². The van der Waals surface area contributed by atoms with E-state index >= 15 is 0 Å². The van der Waals surface area contributed by atoms with Crippen LogP contribution >= 0.6 is 0 Å². The Morgan fingerprint density at radius 1 is 1.21 bits per heavy atom. The summed E-state index contributed by atoms with van der Waals surface area (Å²) >= 11 is 0. The van der Waals surface area contributed by atoms with E-state index in [-0.39, 0.29) is 5.69 Å². The largest absolute Gasteiger partial charge is 0.366 e. The second kappa shape index (κ2) is 3.45. The fourth-order valence-electron chi connectivity index (χ4n) is 1.36. The lowest BCUT2D eigenvalue weighted by atomic mass is 10.0. The van der Waals surface area contributed by atoms with Crippen molar-refractivity contribution in [2.75, 3.05) is 0 Å². The number of aromatic nitrogens is 1. The van der Waals surface area contributed by atoms with Crippen molar-refractivity contribution in [2.45, 2.75) is 13.8 Å². The van der Waals surface area contributed by atoms with Crippen molar-refractivity contribution in [1.29, 1.82) is 0 Å². The fourth-order valence-corrected chi connectivity index (χ4v) is 1.36. The van der Waals surface area contributed by atoms with Crippen molar-refractivity contribution in [3.8, 4) is 0 Å². The van der Waals surface area contributed by atoms with Gasteiger partial charge in [-0.25, -0.2) is 0 Å². The van der Waals surface area contributed by atoms with Crippen LogP contribution in [0.1, 0.15) is 32.0 Å². The summed E-state index contributed by atoms with van der Waals surface area (Å²) in [6.07, 6.45) is 1.41. The highest BCUT2D eigenvalue weighted by Crippen LogP contribution is 2.14. The van der Waals surface area contributed by atoms with Crippen molar-refractivity contribution in [3.63, 3.8) is 0 Å². The lowest BCUT2D eigenvalue weighted by Gasteiger charge is -2.07. The summed E-state index contributed by atoms with van der Waals surface area (Å²) in [4.78, 5) is 25.8. The van der Waals surface area contributed by atoms with Gasteiger partial charge in [-0.1, -0.05) is 0 Å². The molecule has 5 nitrogen and oxygen atoms in total. The number of nitrogens with zero attached hydrogens (tertiary/aromatic N) is 1. The molecule has 0 saturated heterocycles. The summed E-state index contributed by atoms with van der Waals surface area (Å²) in [6, 6.07) is 0. The van der Waals surface area contributed by atoms with Crippen LogP contribution in [0.25, 0.3) is 0 Å². The number of carbonyl (C=O) groups is 2. The molecule has 0 atom stereocenters. The zero-order valence-electron chi connectivity index (χ0n) is 8.00. The van der Waals surface area contributed by atoms with Gasteiger partial charge in [0.25, 0.3) is 5.91 Å². The molecular weight excluding hydrogens is 182 g/mol. The van der Waals surface area contributed by atoms with E-state index in [2.05, 4.69) is 4.98 Å². The maximum absolute atomic E-state index is 11.1. The van der Waals surface area contributed by atoms with E-state index in [0.717, 1.165) is 0 Å². The number of carbonyl (C=O) groups excluding carboxylic acids is 2. The first-order valence-electron chi connectivity index (χ1n) is 4.01. The Morgan fingerprint density at radius 2 is 1.79 bits per heavy atom. The lowest BCUT2D eigenvalue weighted by Crippen LogP contribution is -2.21. The molecule has 0 unspecified atom stereocenters. The molecule has 4 N–H and O–H groups in total. The van der Waals surface area contributed by atoms with Crippen LogP contribution in [0.5, 0.6) is 0 Å².